The molecule has 0 N–H and O–H groups in total. The lowest BCUT2D eigenvalue weighted by Gasteiger charge is -2.41. The van der Waals surface area contributed by atoms with Gasteiger partial charge in [0.2, 0.25) is 0 Å². The first-order valence-corrected chi connectivity index (χ1v) is 40.1. The molecule has 103 heavy (non-hydrogen) atoms. The van der Waals surface area contributed by atoms with Gasteiger partial charge < -0.3 is 22.6 Å². The molecule has 6 atom stereocenters. The van der Waals surface area contributed by atoms with E-state index in [0.717, 1.165) is 63.9 Å². The van der Waals surface area contributed by atoms with Crippen LogP contribution < -0.4 is 0 Å². The molecule has 0 spiro atoms. The maximum Gasteiger partial charge on any atom is 0.200 e. The van der Waals surface area contributed by atoms with Gasteiger partial charge in [-0.25, -0.2) is 19.9 Å². The molecule has 596 valence electrons. The van der Waals surface area contributed by atoms with Crippen molar-refractivity contribution in [3.8, 4) is 0 Å². The summed E-state index contributed by atoms with van der Waals surface area (Å²) in [6, 6.07) is 1.67. The zero-order chi connectivity index (χ0) is 82.4. The SMILES string of the molecule is CC1C(C)N(C(C)(C)C)C(C)C1C(C)(C)C.CC1OC(C(C)(C)C)=NC1C(C)(C)C.Cc1c(C(C)(C)C)c(C)n(C(C)(C)C)c1C.Cc1nc(C(C)(C)C)oc1C(C)(C)C.Cc1oc(C(C)(C)C)c(C)c1C(C)(C)C.Cc1oc(C(C)(C)C)nc1C(C)(C)C.Cc1sc(C(C)(C)C)nc1C(C)(C)C. The summed E-state index contributed by atoms with van der Waals surface area (Å²) in [6.07, 6.45) is 0.212. The molecule has 1 fully saturated rings. The molecule has 0 aromatic carbocycles. The predicted octanol–water partition coefficient (Wildman–Crippen LogP) is 27.6. The van der Waals surface area contributed by atoms with Crippen molar-refractivity contribution in [1.82, 2.24) is 24.4 Å². The molecule has 6 unspecified atom stereocenters. The van der Waals surface area contributed by atoms with Crippen LogP contribution in [0.5, 0.6) is 0 Å². The fourth-order valence-electron chi connectivity index (χ4n) is 15.8. The van der Waals surface area contributed by atoms with E-state index in [1.807, 2.05) is 25.2 Å². The molecule has 2 aliphatic heterocycles. The summed E-state index contributed by atoms with van der Waals surface area (Å²) < 4.78 is 25.8. The highest BCUT2D eigenvalue weighted by atomic mass is 32.1. The highest BCUT2D eigenvalue weighted by Crippen LogP contribution is 2.48. The van der Waals surface area contributed by atoms with Crippen LogP contribution in [0.15, 0.2) is 18.2 Å². The fraction of sp³-hybridized carbons (Fsp3) is 0.804. The Kier molecular flexibility index (Phi) is 31.2. The van der Waals surface area contributed by atoms with Crippen molar-refractivity contribution in [2.75, 3.05) is 0 Å². The largest absolute Gasteiger partial charge is 0.475 e. The summed E-state index contributed by atoms with van der Waals surface area (Å²) in [4.78, 5) is 22.6. The number of furan rings is 1. The van der Waals surface area contributed by atoms with Gasteiger partial charge in [-0.2, -0.15) is 0 Å². The molecule has 11 heteroatoms. The van der Waals surface area contributed by atoms with Gasteiger partial charge in [-0.3, -0.25) is 4.90 Å². The normalized spacial score (nSPS) is 19.3. The van der Waals surface area contributed by atoms with E-state index < -0.39 is 0 Å². The zero-order valence-electron chi connectivity index (χ0n) is 78.2. The van der Waals surface area contributed by atoms with E-state index in [9.17, 15) is 0 Å². The minimum absolute atomic E-state index is 0.00569. The number of likely N-dealkylation sites (tertiary alicyclic amines) is 1. The number of aliphatic imine (C=N–C) groups is 1. The molecule has 5 aromatic rings. The predicted molar refractivity (Wildman–Crippen MR) is 453 cm³/mol. The first kappa shape index (κ1) is 97.1. The van der Waals surface area contributed by atoms with Crippen molar-refractivity contribution >= 4 is 17.2 Å². The number of hydrogen-bond acceptors (Lipinski definition) is 10. The van der Waals surface area contributed by atoms with Crippen molar-refractivity contribution in [1.29, 1.82) is 0 Å². The number of oxazole rings is 2. The van der Waals surface area contributed by atoms with Crippen LogP contribution in [-0.2, 0) is 59.0 Å². The second kappa shape index (κ2) is 33.1. The fourth-order valence-corrected chi connectivity index (χ4v) is 17.0. The Morgan fingerprint density at radius 3 is 0.990 bits per heavy atom. The molecular formula is C92H168N6O4S. The first-order valence-electron chi connectivity index (χ1n) is 39.3. The molecule has 7 heterocycles. The van der Waals surface area contributed by atoms with Gasteiger partial charge in [0.25, 0.3) is 0 Å². The lowest BCUT2D eigenvalue weighted by Crippen LogP contribution is -2.48. The lowest BCUT2D eigenvalue weighted by molar-refractivity contribution is 0.0674. The molecule has 1 saturated heterocycles. The van der Waals surface area contributed by atoms with Gasteiger partial charge in [0.05, 0.1) is 28.1 Å². The van der Waals surface area contributed by atoms with Crippen molar-refractivity contribution < 1.29 is 18.0 Å². The second-order valence-corrected chi connectivity index (χ2v) is 46.5. The Hall–Kier alpha value is -3.96. The van der Waals surface area contributed by atoms with E-state index in [1.165, 1.54) is 49.2 Å². The maximum atomic E-state index is 5.94. The summed E-state index contributed by atoms with van der Waals surface area (Å²) >= 11 is 1.84. The lowest BCUT2D eigenvalue weighted by atomic mass is 9.71. The highest BCUT2D eigenvalue weighted by molar-refractivity contribution is 7.11. The smallest absolute Gasteiger partial charge is 0.200 e. The van der Waals surface area contributed by atoms with Crippen molar-refractivity contribution in [2.45, 2.75) is 458 Å². The molecule has 10 nitrogen and oxygen atoms in total. The Bertz CT molecular complexity index is 3290. The van der Waals surface area contributed by atoms with Gasteiger partial charge in [-0.05, 0) is 168 Å². The quantitative estimate of drug-likeness (QED) is 0.151. The molecule has 0 bridgehead atoms. The van der Waals surface area contributed by atoms with Crippen LogP contribution in [0.25, 0.3) is 0 Å². The minimum atomic E-state index is -0.00569. The van der Waals surface area contributed by atoms with Crippen LogP contribution in [0.2, 0.25) is 0 Å². The Balaban J connectivity index is 0.000000601. The topological polar surface area (TPSA) is 108 Å². The number of rotatable bonds is 0. The van der Waals surface area contributed by atoms with Crippen molar-refractivity contribution in [3.63, 3.8) is 0 Å². The number of nitrogens with zero attached hydrogens (tertiary/aromatic N) is 6. The van der Waals surface area contributed by atoms with Gasteiger partial charge in [-0.1, -0.05) is 256 Å². The third kappa shape index (κ3) is 26.7. The van der Waals surface area contributed by atoms with Crippen molar-refractivity contribution in [2.24, 2.45) is 33.1 Å². The summed E-state index contributed by atoms with van der Waals surface area (Å²) in [7, 11) is 0. The van der Waals surface area contributed by atoms with Gasteiger partial charge in [0.15, 0.2) is 17.7 Å². The molecule has 0 saturated carbocycles. The Labute approximate surface area is 642 Å². The van der Waals surface area contributed by atoms with Crippen LogP contribution in [0.1, 0.15) is 414 Å². The van der Waals surface area contributed by atoms with Crippen LogP contribution in [0.3, 0.4) is 0 Å². The van der Waals surface area contributed by atoms with E-state index >= 15 is 0 Å². The summed E-state index contributed by atoms with van der Waals surface area (Å²) in [6.45, 7) is 120. The van der Waals surface area contributed by atoms with Gasteiger partial charge in [0, 0.05) is 88.3 Å². The van der Waals surface area contributed by atoms with Gasteiger partial charge in [-0.15, -0.1) is 11.3 Å². The molecule has 0 radical (unpaired) electrons. The van der Waals surface area contributed by atoms with Crippen LogP contribution in [-0.4, -0.2) is 60.1 Å². The summed E-state index contributed by atoms with van der Waals surface area (Å²) in [5.74, 6) is 8.31. The van der Waals surface area contributed by atoms with E-state index in [-0.39, 0.29) is 82.8 Å². The van der Waals surface area contributed by atoms with Gasteiger partial charge >= 0.3 is 0 Å². The van der Waals surface area contributed by atoms with E-state index in [0.29, 0.717) is 17.5 Å². The highest BCUT2D eigenvalue weighted by Gasteiger charge is 2.50. The number of thiazole rings is 1. The maximum absolute atomic E-state index is 5.94. The number of ether oxygens (including phenoxy) is 1. The molecule has 5 aromatic heterocycles. The van der Waals surface area contributed by atoms with E-state index in [2.05, 4.69) is 379 Å². The number of hydrogen-bond donors (Lipinski definition) is 0. The van der Waals surface area contributed by atoms with E-state index in [1.54, 1.807) is 0 Å². The first-order chi connectivity index (χ1) is 45.0. The van der Waals surface area contributed by atoms with Crippen LogP contribution in [0, 0.1) is 83.5 Å². The number of aryl methyl sites for hydroxylation is 4. The third-order valence-corrected chi connectivity index (χ3v) is 21.0. The van der Waals surface area contributed by atoms with Crippen LogP contribution in [0.4, 0.5) is 0 Å². The molecule has 0 amide bonds. The molecule has 7 rings (SSSR count). The average molecular weight is 1450 g/mol. The molecular weight excluding hydrogens is 1290 g/mol. The molecule has 0 aliphatic carbocycles. The standard InChI is InChI=1S/C15H31N.C15H27N.C14H24O.C12H23NO.2C12H21NO.C12H21NS/c2*1-10-11(2)16(15(7,8)9)12(3)13(10)14(4,5)6;1-9-11(13(3,4)5)10(2)15-12(9)14(6,7)8;2*1-8-9(11(2,3)4)13-10(14-8)12(5,6)7;1-8-9(11(2,3)4)14-10(13-8)12(5,6)7;1-8-9(11(2,3)4)13-10(14-8)12(5,6)7/h10-13H,1-9H3;1-9H3;1-8H3;8-9H,1-7H3;3*1-7H3. The number of aromatic nitrogens is 4. The second-order valence-electron chi connectivity index (χ2n) is 45.3. The van der Waals surface area contributed by atoms with Crippen molar-refractivity contribution in [3.05, 3.63) is 95.4 Å². The average Bonchev–Trinajstić information content (AvgIpc) is 1.62. The minimum Gasteiger partial charge on any atom is -0.475 e. The summed E-state index contributed by atoms with van der Waals surface area (Å²) in [5, 5.41) is 1.25. The zero-order valence-corrected chi connectivity index (χ0v) is 79.0. The Morgan fingerprint density at radius 1 is 0.359 bits per heavy atom. The van der Waals surface area contributed by atoms with Crippen LogP contribution >= 0.6 is 11.3 Å². The van der Waals surface area contributed by atoms with Gasteiger partial charge in [0.1, 0.15) is 29.1 Å². The monoisotopic (exact) mass is 1450 g/mol. The molecule has 2 aliphatic rings. The summed E-state index contributed by atoms with van der Waals surface area (Å²) in [5.41, 5.74) is 13.9. The van der Waals surface area contributed by atoms with E-state index in [4.69, 9.17) is 28.0 Å². The third-order valence-electron chi connectivity index (χ3n) is 19.6. The Morgan fingerprint density at radius 2 is 0.786 bits per heavy atom.